The van der Waals surface area contributed by atoms with Crippen LogP contribution in [0, 0.1) is 23.2 Å². The van der Waals surface area contributed by atoms with E-state index in [0.717, 1.165) is 12.0 Å². The Labute approximate surface area is 152 Å². The number of nitrogens with zero attached hydrogens (tertiary/aromatic N) is 2. The number of hydrogen-bond donors (Lipinski definition) is 2. The molecule has 2 aliphatic rings. The summed E-state index contributed by atoms with van der Waals surface area (Å²) in [5.74, 6) is 0.485. The van der Waals surface area contributed by atoms with E-state index in [1.165, 1.54) is 0 Å². The van der Waals surface area contributed by atoms with Crippen molar-refractivity contribution in [3.05, 3.63) is 65.7 Å². The van der Waals surface area contributed by atoms with E-state index in [1.54, 1.807) is 29.2 Å². The molecule has 2 N–H and O–H groups in total. The van der Waals surface area contributed by atoms with Gasteiger partial charge >= 0.3 is 6.03 Å². The molecule has 2 aromatic rings. The Hall–Kier alpha value is -2.84. The van der Waals surface area contributed by atoms with Crippen molar-refractivity contribution in [3.8, 4) is 6.07 Å². The van der Waals surface area contributed by atoms with Gasteiger partial charge in [0.05, 0.1) is 17.2 Å². The Kier molecular flexibility index (Phi) is 4.14. The summed E-state index contributed by atoms with van der Waals surface area (Å²) in [6.07, 6.45) is 1.37. The van der Waals surface area contributed by atoms with E-state index in [9.17, 15) is 9.90 Å². The molecular formula is C21H21N3O2. The third-order valence-corrected chi connectivity index (χ3v) is 5.63. The molecule has 2 aromatic carbocycles. The van der Waals surface area contributed by atoms with Gasteiger partial charge in [0.15, 0.2) is 0 Å². The summed E-state index contributed by atoms with van der Waals surface area (Å²) < 4.78 is 0. The third kappa shape index (κ3) is 3.04. The van der Waals surface area contributed by atoms with Gasteiger partial charge < -0.3 is 15.3 Å². The van der Waals surface area contributed by atoms with E-state index < -0.39 is 5.60 Å². The fourth-order valence-electron chi connectivity index (χ4n) is 4.32. The number of urea groups is 1. The minimum atomic E-state index is -0.720. The molecule has 0 bridgehead atoms. The first-order chi connectivity index (χ1) is 12.6. The van der Waals surface area contributed by atoms with E-state index in [2.05, 4.69) is 11.4 Å². The first-order valence-electron chi connectivity index (χ1n) is 8.90. The first kappa shape index (κ1) is 16.6. The zero-order valence-corrected chi connectivity index (χ0v) is 14.4. The van der Waals surface area contributed by atoms with Crippen LogP contribution in [0.3, 0.4) is 0 Å². The number of hydrogen-bond acceptors (Lipinski definition) is 3. The molecule has 1 aliphatic carbocycles. The molecule has 4 rings (SSSR count). The van der Waals surface area contributed by atoms with Gasteiger partial charge in [-0.05, 0) is 36.1 Å². The lowest BCUT2D eigenvalue weighted by molar-refractivity contribution is -0.116. The molecule has 1 heterocycles. The lowest BCUT2D eigenvalue weighted by Gasteiger charge is -2.48. The highest BCUT2D eigenvalue weighted by Gasteiger charge is 2.57. The third-order valence-electron chi connectivity index (χ3n) is 5.63. The van der Waals surface area contributed by atoms with Crippen molar-refractivity contribution in [1.29, 1.82) is 5.26 Å². The van der Waals surface area contributed by atoms with E-state index in [-0.39, 0.29) is 11.9 Å². The van der Waals surface area contributed by atoms with Crippen LogP contribution < -0.4 is 5.32 Å². The highest BCUT2D eigenvalue weighted by Crippen LogP contribution is 2.50. The summed E-state index contributed by atoms with van der Waals surface area (Å²) in [4.78, 5) is 14.3. The molecule has 0 radical (unpaired) electrons. The molecule has 2 fully saturated rings. The normalized spacial score (nSPS) is 26.5. The van der Waals surface area contributed by atoms with Crippen LogP contribution in [0.2, 0.25) is 0 Å². The monoisotopic (exact) mass is 347 g/mol. The standard InChI is InChI=1S/C21H21N3O2/c22-12-16-7-4-8-18(9-16)23-20(25)24-13-17-11-21(26,19(17)14-24)10-15-5-2-1-3-6-15/h1-9,17,19,26H,10-11,13-14H2,(H,23,25)/t17-,19+,21-/m1/s1. The summed E-state index contributed by atoms with van der Waals surface area (Å²) in [5.41, 5.74) is 1.54. The van der Waals surface area contributed by atoms with Crippen LogP contribution in [-0.2, 0) is 6.42 Å². The molecule has 3 atom stereocenters. The van der Waals surface area contributed by atoms with Gasteiger partial charge in [-0.1, -0.05) is 36.4 Å². The lowest BCUT2D eigenvalue weighted by Crippen LogP contribution is -2.55. The number of carbonyl (C=O) groups is 1. The van der Waals surface area contributed by atoms with E-state index in [0.29, 0.717) is 36.7 Å². The molecular weight excluding hydrogens is 326 g/mol. The number of nitriles is 1. The van der Waals surface area contributed by atoms with Crippen molar-refractivity contribution in [1.82, 2.24) is 4.90 Å². The minimum Gasteiger partial charge on any atom is -0.389 e. The maximum Gasteiger partial charge on any atom is 0.321 e. The van der Waals surface area contributed by atoms with Crippen molar-refractivity contribution < 1.29 is 9.90 Å². The van der Waals surface area contributed by atoms with E-state index in [4.69, 9.17) is 5.26 Å². The number of amides is 2. The highest BCUT2D eigenvalue weighted by atomic mass is 16.3. The molecule has 1 saturated heterocycles. The second-order valence-corrected chi connectivity index (χ2v) is 7.36. The minimum absolute atomic E-state index is 0.124. The van der Waals surface area contributed by atoms with Crippen LogP contribution in [0.1, 0.15) is 17.5 Å². The van der Waals surface area contributed by atoms with Crippen LogP contribution in [0.4, 0.5) is 10.5 Å². The molecule has 0 aromatic heterocycles. The SMILES string of the molecule is N#Cc1cccc(NC(=O)N2C[C@H]3C[C@](O)(Cc4ccccc4)[C@H]3C2)c1. The van der Waals surface area contributed by atoms with Crippen molar-refractivity contribution in [3.63, 3.8) is 0 Å². The van der Waals surface area contributed by atoms with Crippen molar-refractivity contribution >= 4 is 11.7 Å². The smallest absolute Gasteiger partial charge is 0.321 e. The van der Waals surface area contributed by atoms with Crippen molar-refractivity contribution in [2.45, 2.75) is 18.4 Å². The molecule has 1 aliphatic heterocycles. The molecule has 5 nitrogen and oxygen atoms in total. The number of carbonyl (C=O) groups excluding carboxylic acids is 1. The van der Waals surface area contributed by atoms with Gasteiger partial charge in [0.2, 0.25) is 0 Å². The summed E-state index contributed by atoms with van der Waals surface area (Å²) in [7, 11) is 0. The average Bonchev–Trinajstić information content (AvgIpc) is 3.02. The maximum absolute atomic E-state index is 12.6. The van der Waals surface area contributed by atoms with Crippen LogP contribution in [0.15, 0.2) is 54.6 Å². The largest absolute Gasteiger partial charge is 0.389 e. The molecule has 0 spiro atoms. The van der Waals surface area contributed by atoms with Gasteiger partial charge in [-0.3, -0.25) is 0 Å². The number of nitrogens with one attached hydrogen (secondary N) is 1. The summed E-state index contributed by atoms with van der Waals surface area (Å²) in [6, 6.07) is 18.8. The Bertz CT molecular complexity index is 861. The van der Waals surface area contributed by atoms with E-state index in [1.807, 2.05) is 30.3 Å². The van der Waals surface area contributed by atoms with E-state index >= 15 is 0 Å². The number of rotatable bonds is 3. The maximum atomic E-state index is 12.6. The number of likely N-dealkylation sites (tertiary alicyclic amines) is 1. The number of anilines is 1. The van der Waals surface area contributed by atoms with Gasteiger partial charge in [-0.25, -0.2) is 4.79 Å². The Morgan fingerprint density at radius 2 is 2.04 bits per heavy atom. The topological polar surface area (TPSA) is 76.4 Å². The molecule has 2 amide bonds. The van der Waals surface area contributed by atoms with Crippen molar-refractivity contribution in [2.24, 2.45) is 11.8 Å². The highest BCUT2D eigenvalue weighted by molar-refractivity contribution is 5.89. The number of aliphatic hydroxyl groups is 1. The van der Waals surface area contributed by atoms with Gasteiger partial charge in [0.1, 0.15) is 0 Å². The van der Waals surface area contributed by atoms with Gasteiger partial charge in [0, 0.05) is 31.1 Å². The predicted octanol–water partition coefficient (Wildman–Crippen LogP) is 3.02. The molecule has 1 saturated carbocycles. The quantitative estimate of drug-likeness (QED) is 0.896. The summed E-state index contributed by atoms with van der Waals surface area (Å²) >= 11 is 0. The van der Waals surface area contributed by atoms with Gasteiger partial charge in [-0.15, -0.1) is 0 Å². The molecule has 132 valence electrons. The number of fused-ring (bicyclic) bond motifs is 1. The van der Waals surface area contributed by atoms with Gasteiger partial charge in [0.25, 0.3) is 0 Å². The lowest BCUT2D eigenvalue weighted by atomic mass is 9.61. The van der Waals surface area contributed by atoms with Gasteiger partial charge in [-0.2, -0.15) is 5.26 Å². The fraction of sp³-hybridized carbons (Fsp3) is 0.333. The Balaban J connectivity index is 1.39. The Morgan fingerprint density at radius 1 is 1.23 bits per heavy atom. The van der Waals surface area contributed by atoms with Crippen LogP contribution >= 0.6 is 0 Å². The summed E-state index contributed by atoms with van der Waals surface area (Å²) in [6.45, 7) is 1.24. The Morgan fingerprint density at radius 3 is 2.81 bits per heavy atom. The first-order valence-corrected chi connectivity index (χ1v) is 8.90. The summed E-state index contributed by atoms with van der Waals surface area (Å²) in [5, 5.41) is 22.8. The zero-order valence-electron chi connectivity index (χ0n) is 14.4. The molecule has 5 heteroatoms. The molecule has 26 heavy (non-hydrogen) atoms. The molecule has 0 unspecified atom stereocenters. The van der Waals surface area contributed by atoms with Crippen LogP contribution in [0.25, 0.3) is 0 Å². The number of benzene rings is 2. The second kappa shape index (κ2) is 6.47. The average molecular weight is 347 g/mol. The second-order valence-electron chi connectivity index (χ2n) is 7.36. The van der Waals surface area contributed by atoms with Crippen LogP contribution in [-0.4, -0.2) is 34.7 Å². The van der Waals surface area contributed by atoms with Crippen molar-refractivity contribution in [2.75, 3.05) is 18.4 Å². The van der Waals surface area contributed by atoms with Crippen LogP contribution in [0.5, 0.6) is 0 Å². The zero-order chi connectivity index (χ0) is 18.1. The fourth-order valence-corrected chi connectivity index (χ4v) is 4.32. The predicted molar refractivity (Wildman–Crippen MR) is 98.4 cm³/mol.